The van der Waals surface area contributed by atoms with Gasteiger partial charge >= 0.3 is 6.03 Å². The van der Waals surface area contributed by atoms with Crippen LogP contribution in [0.4, 0.5) is 4.79 Å². The van der Waals surface area contributed by atoms with Crippen LogP contribution >= 0.6 is 0 Å². The largest absolute Gasteiger partial charge is 0.496 e. The number of carbonyl (C=O) groups excluding carboxylic acids is 1. The Bertz CT molecular complexity index is 591. The second-order valence-corrected chi connectivity index (χ2v) is 6.70. The summed E-state index contributed by atoms with van der Waals surface area (Å²) in [7, 11) is 1.60. The highest BCUT2D eigenvalue weighted by atomic mass is 16.7. The summed E-state index contributed by atoms with van der Waals surface area (Å²) >= 11 is 0. The third-order valence-corrected chi connectivity index (χ3v) is 4.86. The molecule has 1 aliphatic carbocycles. The molecule has 6 heteroatoms. The second kappa shape index (κ2) is 7.64. The van der Waals surface area contributed by atoms with Crippen molar-refractivity contribution in [1.29, 1.82) is 0 Å². The van der Waals surface area contributed by atoms with Gasteiger partial charge in [0.05, 0.1) is 7.11 Å². The molecule has 0 saturated heterocycles. The van der Waals surface area contributed by atoms with Gasteiger partial charge in [0.1, 0.15) is 5.75 Å². The zero-order valence-corrected chi connectivity index (χ0v) is 14.4. The van der Waals surface area contributed by atoms with Crippen LogP contribution in [0.1, 0.15) is 38.2 Å². The summed E-state index contributed by atoms with van der Waals surface area (Å²) in [4.78, 5) is 12.0. The number of amides is 2. The van der Waals surface area contributed by atoms with E-state index in [1.807, 2.05) is 6.07 Å². The summed E-state index contributed by atoms with van der Waals surface area (Å²) in [5.74, 6) is 3.63. The molecule has 1 heterocycles. The SMILES string of the molecule is COc1cc2c(cc1CNC(=O)NCCC1CCC(C)C1)OCO2. The molecule has 1 aromatic carbocycles. The van der Waals surface area contributed by atoms with E-state index >= 15 is 0 Å². The van der Waals surface area contributed by atoms with E-state index in [1.165, 1.54) is 19.3 Å². The van der Waals surface area contributed by atoms with Crippen LogP contribution in [0.2, 0.25) is 0 Å². The topological polar surface area (TPSA) is 68.8 Å². The zero-order chi connectivity index (χ0) is 16.9. The summed E-state index contributed by atoms with van der Waals surface area (Å²) < 4.78 is 16.1. The molecule has 2 N–H and O–H groups in total. The van der Waals surface area contributed by atoms with E-state index in [2.05, 4.69) is 17.6 Å². The van der Waals surface area contributed by atoms with Crippen molar-refractivity contribution >= 4 is 6.03 Å². The summed E-state index contributed by atoms with van der Waals surface area (Å²) in [5, 5.41) is 5.81. The maximum Gasteiger partial charge on any atom is 0.315 e. The van der Waals surface area contributed by atoms with E-state index in [-0.39, 0.29) is 12.8 Å². The molecule has 6 nitrogen and oxygen atoms in total. The Labute approximate surface area is 142 Å². The van der Waals surface area contributed by atoms with Crippen LogP contribution in [0.5, 0.6) is 17.2 Å². The van der Waals surface area contributed by atoms with Crippen LogP contribution in [0.25, 0.3) is 0 Å². The van der Waals surface area contributed by atoms with E-state index in [4.69, 9.17) is 14.2 Å². The van der Waals surface area contributed by atoms with Crippen molar-refractivity contribution in [3.63, 3.8) is 0 Å². The molecule has 2 atom stereocenters. The molecule has 2 aliphatic rings. The van der Waals surface area contributed by atoms with Crippen molar-refractivity contribution in [2.75, 3.05) is 20.4 Å². The number of hydrogen-bond acceptors (Lipinski definition) is 4. The summed E-state index contributed by atoms with van der Waals surface area (Å²) in [6, 6.07) is 3.49. The van der Waals surface area contributed by atoms with Gasteiger partial charge in [-0.15, -0.1) is 0 Å². The number of ether oxygens (including phenoxy) is 3. The Morgan fingerprint density at radius 2 is 2.04 bits per heavy atom. The number of fused-ring (bicyclic) bond motifs is 1. The fraction of sp³-hybridized carbons (Fsp3) is 0.611. The summed E-state index contributed by atoms with van der Waals surface area (Å²) in [6.45, 7) is 3.63. The first-order valence-corrected chi connectivity index (χ1v) is 8.64. The monoisotopic (exact) mass is 334 g/mol. The fourth-order valence-corrected chi connectivity index (χ4v) is 3.51. The number of methoxy groups -OCH3 is 1. The average molecular weight is 334 g/mol. The number of nitrogens with one attached hydrogen (secondary N) is 2. The highest BCUT2D eigenvalue weighted by Gasteiger charge is 2.21. The number of carbonyl (C=O) groups is 1. The van der Waals surface area contributed by atoms with Gasteiger partial charge in [-0.3, -0.25) is 0 Å². The molecule has 1 fully saturated rings. The van der Waals surface area contributed by atoms with Gasteiger partial charge in [0.2, 0.25) is 6.79 Å². The van der Waals surface area contributed by atoms with E-state index < -0.39 is 0 Å². The van der Waals surface area contributed by atoms with Crippen LogP contribution in [0.3, 0.4) is 0 Å². The molecule has 0 spiro atoms. The Morgan fingerprint density at radius 3 is 2.75 bits per heavy atom. The third kappa shape index (κ3) is 4.04. The van der Waals surface area contributed by atoms with Crippen LogP contribution in [-0.4, -0.2) is 26.5 Å². The van der Waals surface area contributed by atoms with Crippen LogP contribution < -0.4 is 24.8 Å². The number of urea groups is 1. The first-order valence-electron chi connectivity index (χ1n) is 8.64. The normalized spacial score (nSPS) is 21.6. The second-order valence-electron chi connectivity index (χ2n) is 6.70. The van der Waals surface area contributed by atoms with Gasteiger partial charge in [-0.2, -0.15) is 0 Å². The predicted molar refractivity (Wildman–Crippen MR) is 90.5 cm³/mol. The quantitative estimate of drug-likeness (QED) is 0.839. The molecule has 0 aromatic heterocycles. The van der Waals surface area contributed by atoms with Gasteiger partial charge in [0.25, 0.3) is 0 Å². The molecular formula is C18H26N2O4. The fourth-order valence-electron chi connectivity index (χ4n) is 3.51. The first kappa shape index (κ1) is 16.7. The molecule has 2 unspecified atom stereocenters. The van der Waals surface area contributed by atoms with Crippen molar-refractivity contribution in [1.82, 2.24) is 10.6 Å². The van der Waals surface area contributed by atoms with Crippen LogP contribution in [0.15, 0.2) is 12.1 Å². The maximum atomic E-state index is 12.0. The molecule has 0 radical (unpaired) electrons. The molecule has 1 aliphatic heterocycles. The maximum absolute atomic E-state index is 12.0. The van der Waals surface area contributed by atoms with Crippen molar-refractivity contribution in [2.45, 2.75) is 39.2 Å². The molecule has 2 amide bonds. The minimum Gasteiger partial charge on any atom is -0.496 e. The lowest BCUT2D eigenvalue weighted by Gasteiger charge is -2.13. The third-order valence-electron chi connectivity index (χ3n) is 4.86. The lowest BCUT2D eigenvalue weighted by Crippen LogP contribution is -2.36. The lowest BCUT2D eigenvalue weighted by molar-refractivity contribution is 0.174. The number of hydrogen-bond donors (Lipinski definition) is 2. The smallest absolute Gasteiger partial charge is 0.315 e. The van der Waals surface area contributed by atoms with Gasteiger partial charge in [-0.25, -0.2) is 4.79 Å². The molecule has 132 valence electrons. The Hall–Kier alpha value is -2.11. The van der Waals surface area contributed by atoms with Gasteiger partial charge in [0, 0.05) is 24.7 Å². The van der Waals surface area contributed by atoms with E-state index in [0.717, 1.165) is 30.4 Å². The van der Waals surface area contributed by atoms with Crippen molar-refractivity contribution in [3.05, 3.63) is 17.7 Å². The molecular weight excluding hydrogens is 308 g/mol. The lowest BCUT2D eigenvalue weighted by atomic mass is 10.0. The Balaban J connectivity index is 1.44. The van der Waals surface area contributed by atoms with Crippen molar-refractivity contribution < 1.29 is 19.0 Å². The van der Waals surface area contributed by atoms with Crippen LogP contribution in [0, 0.1) is 11.8 Å². The zero-order valence-electron chi connectivity index (χ0n) is 14.4. The van der Waals surface area contributed by atoms with E-state index in [0.29, 0.717) is 23.8 Å². The molecule has 3 rings (SSSR count). The molecule has 0 bridgehead atoms. The summed E-state index contributed by atoms with van der Waals surface area (Å²) in [6.07, 6.45) is 4.96. The minimum atomic E-state index is -0.152. The molecule has 24 heavy (non-hydrogen) atoms. The van der Waals surface area contributed by atoms with E-state index in [1.54, 1.807) is 13.2 Å². The summed E-state index contributed by atoms with van der Waals surface area (Å²) in [5.41, 5.74) is 0.863. The standard InChI is InChI=1S/C18H26N2O4/c1-12-3-4-13(7-12)5-6-19-18(21)20-10-14-8-16-17(24-11-23-16)9-15(14)22-2/h8-9,12-13H,3-7,10-11H2,1-2H3,(H2,19,20,21). The number of rotatable bonds is 6. The van der Waals surface area contributed by atoms with Gasteiger partial charge in [-0.05, 0) is 30.7 Å². The molecule has 1 aromatic rings. The first-order chi connectivity index (χ1) is 11.7. The van der Waals surface area contributed by atoms with Gasteiger partial charge < -0.3 is 24.8 Å². The van der Waals surface area contributed by atoms with Gasteiger partial charge in [0.15, 0.2) is 11.5 Å². The van der Waals surface area contributed by atoms with Crippen molar-refractivity contribution in [3.8, 4) is 17.2 Å². The highest BCUT2D eigenvalue weighted by molar-refractivity contribution is 5.74. The average Bonchev–Trinajstić information content (AvgIpc) is 3.20. The van der Waals surface area contributed by atoms with Crippen LogP contribution in [-0.2, 0) is 6.54 Å². The number of benzene rings is 1. The molecule has 1 saturated carbocycles. The minimum absolute atomic E-state index is 0.152. The highest BCUT2D eigenvalue weighted by Crippen LogP contribution is 2.38. The Morgan fingerprint density at radius 1 is 1.25 bits per heavy atom. The van der Waals surface area contributed by atoms with E-state index in [9.17, 15) is 4.79 Å². The van der Waals surface area contributed by atoms with Gasteiger partial charge in [-0.1, -0.05) is 19.8 Å². The predicted octanol–water partition coefficient (Wildman–Crippen LogP) is 3.05. The Kier molecular flexibility index (Phi) is 5.33. The van der Waals surface area contributed by atoms with Crippen molar-refractivity contribution in [2.24, 2.45) is 11.8 Å².